The van der Waals surface area contributed by atoms with E-state index >= 15 is 0 Å². The predicted molar refractivity (Wildman–Crippen MR) is 75.5 cm³/mol. The molecule has 0 saturated heterocycles. The van der Waals surface area contributed by atoms with E-state index in [4.69, 9.17) is 0 Å². The third-order valence-corrected chi connectivity index (χ3v) is 3.68. The number of hydrogen-bond acceptors (Lipinski definition) is 3. The molecule has 4 heteroatoms. The van der Waals surface area contributed by atoms with E-state index in [0.717, 1.165) is 24.1 Å². The molecule has 0 spiro atoms. The Balaban J connectivity index is 1.95. The Morgan fingerprint density at radius 2 is 2.05 bits per heavy atom. The van der Waals surface area contributed by atoms with Crippen molar-refractivity contribution in [3.05, 3.63) is 29.6 Å². The number of hydrogen-bond donors (Lipinski definition) is 2. The zero-order valence-electron chi connectivity index (χ0n) is 12.2. The molecule has 1 fully saturated rings. The van der Waals surface area contributed by atoms with Gasteiger partial charge in [-0.25, -0.2) is 0 Å². The first-order valence-electron chi connectivity index (χ1n) is 6.80. The number of carbonyl (C=O) groups excluding carboxylic acids is 1. The van der Waals surface area contributed by atoms with Crippen molar-refractivity contribution in [1.29, 1.82) is 0 Å². The number of rotatable bonds is 4. The standard InChI is InChI=1S/C15H23N3O/c1-14(2,3)13(19)18-10-11-5-6-12(17-9-11)15(16-4)7-8-15/h5-6,9,16H,7-8,10H2,1-4H3,(H,18,19). The molecule has 0 aromatic carbocycles. The van der Waals surface area contributed by atoms with Crippen molar-refractivity contribution in [1.82, 2.24) is 15.6 Å². The summed E-state index contributed by atoms with van der Waals surface area (Å²) >= 11 is 0. The highest BCUT2D eigenvalue weighted by Crippen LogP contribution is 2.43. The molecule has 1 saturated carbocycles. The highest BCUT2D eigenvalue weighted by atomic mass is 16.2. The van der Waals surface area contributed by atoms with Gasteiger partial charge in [-0.3, -0.25) is 9.78 Å². The zero-order valence-corrected chi connectivity index (χ0v) is 12.2. The van der Waals surface area contributed by atoms with E-state index in [1.54, 1.807) is 0 Å². The highest BCUT2D eigenvalue weighted by Gasteiger charge is 2.43. The lowest BCUT2D eigenvalue weighted by Crippen LogP contribution is -2.34. The van der Waals surface area contributed by atoms with Gasteiger partial charge in [-0.2, -0.15) is 0 Å². The molecule has 0 radical (unpaired) electrons. The summed E-state index contributed by atoms with van der Waals surface area (Å²) in [6.45, 7) is 6.27. The van der Waals surface area contributed by atoms with Gasteiger partial charge in [0.2, 0.25) is 5.91 Å². The van der Waals surface area contributed by atoms with Gasteiger partial charge in [-0.15, -0.1) is 0 Å². The van der Waals surface area contributed by atoms with Crippen LogP contribution in [0, 0.1) is 5.41 Å². The van der Waals surface area contributed by atoms with E-state index in [2.05, 4.69) is 21.7 Å². The minimum Gasteiger partial charge on any atom is -0.352 e. The first kappa shape index (κ1) is 14.0. The maximum Gasteiger partial charge on any atom is 0.225 e. The zero-order chi connectivity index (χ0) is 14.1. The van der Waals surface area contributed by atoms with Crippen LogP contribution in [-0.2, 0) is 16.9 Å². The van der Waals surface area contributed by atoms with Crippen LogP contribution in [-0.4, -0.2) is 17.9 Å². The van der Waals surface area contributed by atoms with Crippen molar-refractivity contribution in [3.8, 4) is 0 Å². The maximum absolute atomic E-state index is 11.8. The Morgan fingerprint density at radius 3 is 2.47 bits per heavy atom. The van der Waals surface area contributed by atoms with Gasteiger partial charge in [0.25, 0.3) is 0 Å². The van der Waals surface area contributed by atoms with Crippen molar-refractivity contribution in [2.24, 2.45) is 5.41 Å². The van der Waals surface area contributed by atoms with Crippen molar-refractivity contribution in [2.75, 3.05) is 7.05 Å². The molecule has 0 aliphatic heterocycles. The molecule has 4 nitrogen and oxygen atoms in total. The number of aromatic nitrogens is 1. The predicted octanol–water partition coefficient (Wildman–Crippen LogP) is 1.95. The molecule has 0 atom stereocenters. The second-order valence-corrected chi connectivity index (χ2v) is 6.32. The van der Waals surface area contributed by atoms with Gasteiger partial charge in [-0.1, -0.05) is 26.8 Å². The van der Waals surface area contributed by atoms with Crippen molar-refractivity contribution < 1.29 is 4.79 Å². The molecule has 1 aromatic rings. The third kappa shape index (κ3) is 3.13. The van der Waals surface area contributed by atoms with E-state index in [-0.39, 0.29) is 16.9 Å². The van der Waals surface area contributed by atoms with Gasteiger partial charge in [0, 0.05) is 18.2 Å². The molecule has 1 heterocycles. The lowest BCUT2D eigenvalue weighted by Gasteiger charge is -2.18. The van der Waals surface area contributed by atoms with Crippen LogP contribution in [0.1, 0.15) is 44.9 Å². The van der Waals surface area contributed by atoms with Gasteiger partial charge < -0.3 is 10.6 Å². The van der Waals surface area contributed by atoms with Crippen molar-refractivity contribution >= 4 is 5.91 Å². The van der Waals surface area contributed by atoms with Crippen LogP contribution < -0.4 is 10.6 Å². The Morgan fingerprint density at radius 1 is 1.37 bits per heavy atom. The van der Waals surface area contributed by atoms with Crippen LogP contribution in [0.5, 0.6) is 0 Å². The van der Waals surface area contributed by atoms with Crippen LogP contribution in [0.4, 0.5) is 0 Å². The summed E-state index contributed by atoms with van der Waals surface area (Å²) < 4.78 is 0. The van der Waals surface area contributed by atoms with Crippen LogP contribution in [0.2, 0.25) is 0 Å². The van der Waals surface area contributed by atoms with E-state index in [1.165, 1.54) is 0 Å². The molecule has 19 heavy (non-hydrogen) atoms. The fraction of sp³-hybridized carbons (Fsp3) is 0.600. The summed E-state index contributed by atoms with van der Waals surface area (Å²) in [5.74, 6) is 0.0606. The Kier molecular flexibility index (Phi) is 3.63. The second-order valence-electron chi connectivity index (χ2n) is 6.32. The summed E-state index contributed by atoms with van der Waals surface area (Å²) in [7, 11) is 1.98. The van der Waals surface area contributed by atoms with Gasteiger partial charge in [0.15, 0.2) is 0 Å². The molecule has 0 bridgehead atoms. The van der Waals surface area contributed by atoms with Crippen LogP contribution in [0.25, 0.3) is 0 Å². The van der Waals surface area contributed by atoms with Crippen molar-refractivity contribution in [3.63, 3.8) is 0 Å². The number of carbonyl (C=O) groups is 1. The Hall–Kier alpha value is -1.42. The lowest BCUT2D eigenvalue weighted by atomic mass is 9.95. The summed E-state index contributed by atoms with van der Waals surface area (Å²) in [4.78, 5) is 16.3. The smallest absolute Gasteiger partial charge is 0.225 e. The summed E-state index contributed by atoms with van der Waals surface area (Å²) in [5, 5.41) is 6.26. The Labute approximate surface area is 115 Å². The van der Waals surface area contributed by atoms with E-state index in [1.807, 2.05) is 40.1 Å². The molecule has 104 valence electrons. The second kappa shape index (κ2) is 4.93. The van der Waals surface area contributed by atoms with Crippen LogP contribution in [0.15, 0.2) is 18.3 Å². The molecule has 2 rings (SSSR count). The summed E-state index contributed by atoms with van der Waals surface area (Å²) in [5.41, 5.74) is 1.89. The average molecular weight is 261 g/mol. The summed E-state index contributed by atoms with van der Waals surface area (Å²) in [6.07, 6.45) is 4.16. The topological polar surface area (TPSA) is 54.0 Å². The largest absolute Gasteiger partial charge is 0.352 e. The molecule has 0 unspecified atom stereocenters. The molecule has 1 aromatic heterocycles. The minimum absolute atomic E-state index is 0.0606. The molecule has 2 N–H and O–H groups in total. The van der Waals surface area contributed by atoms with E-state index in [9.17, 15) is 4.79 Å². The normalized spacial score (nSPS) is 17.1. The van der Waals surface area contributed by atoms with Gasteiger partial charge in [0.05, 0.1) is 11.2 Å². The fourth-order valence-corrected chi connectivity index (χ4v) is 2.02. The monoisotopic (exact) mass is 261 g/mol. The fourth-order valence-electron chi connectivity index (χ4n) is 2.02. The van der Waals surface area contributed by atoms with Gasteiger partial charge in [0.1, 0.15) is 0 Å². The van der Waals surface area contributed by atoms with E-state index < -0.39 is 0 Å². The van der Waals surface area contributed by atoms with Crippen LogP contribution >= 0.6 is 0 Å². The first-order chi connectivity index (χ1) is 8.87. The Bertz CT molecular complexity index is 455. The minimum atomic E-state index is -0.350. The van der Waals surface area contributed by atoms with Gasteiger partial charge in [-0.05, 0) is 31.5 Å². The number of nitrogens with zero attached hydrogens (tertiary/aromatic N) is 1. The molecule has 1 amide bonds. The SMILES string of the molecule is CNC1(c2ccc(CNC(=O)C(C)(C)C)cn2)CC1. The molecular formula is C15H23N3O. The molecule has 1 aliphatic rings. The van der Waals surface area contributed by atoms with E-state index in [0.29, 0.717) is 6.54 Å². The number of pyridine rings is 1. The average Bonchev–Trinajstić information content (AvgIpc) is 3.16. The third-order valence-electron chi connectivity index (χ3n) is 3.68. The molecular weight excluding hydrogens is 238 g/mol. The first-order valence-corrected chi connectivity index (χ1v) is 6.80. The number of nitrogens with one attached hydrogen (secondary N) is 2. The summed E-state index contributed by atoms with van der Waals surface area (Å²) in [6, 6.07) is 4.10. The molecule has 1 aliphatic carbocycles. The maximum atomic E-state index is 11.8. The van der Waals surface area contributed by atoms with Crippen molar-refractivity contribution in [2.45, 2.75) is 45.7 Å². The van der Waals surface area contributed by atoms with Gasteiger partial charge >= 0.3 is 0 Å². The quantitative estimate of drug-likeness (QED) is 0.871. The van der Waals surface area contributed by atoms with Crippen LogP contribution in [0.3, 0.4) is 0 Å². The number of amides is 1. The lowest BCUT2D eigenvalue weighted by molar-refractivity contribution is -0.128. The highest BCUT2D eigenvalue weighted by molar-refractivity contribution is 5.81.